The number of aldehydes is 1. The van der Waals surface area contributed by atoms with E-state index in [-0.39, 0.29) is 24.1 Å². The van der Waals surface area contributed by atoms with Crippen molar-refractivity contribution in [2.24, 2.45) is 5.92 Å². The molecule has 0 aromatic heterocycles. The van der Waals surface area contributed by atoms with Gasteiger partial charge in [0, 0.05) is 6.04 Å². The van der Waals surface area contributed by atoms with Crippen LogP contribution in [0.4, 0.5) is 4.79 Å². The van der Waals surface area contributed by atoms with Gasteiger partial charge in [-0.3, -0.25) is 4.90 Å². The molecule has 1 fully saturated rings. The van der Waals surface area contributed by atoms with E-state index in [4.69, 9.17) is 4.74 Å². The van der Waals surface area contributed by atoms with Crippen LogP contribution in [0.25, 0.3) is 0 Å². The van der Waals surface area contributed by atoms with Gasteiger partial charge < -0.3 is 9.53 Å². The molecule has 0 saturated heterocycles. The van der Waals surface area contributed by atoms with Gasteiger partial charge in [-0.05, 0) is 39.5 Å². The maximum Gasteiger partial charge on any atom is 0.411 e. The molecule has 1 atom stereocenters. The average Bonchev–Trinajstić information content (AvgIpc) is 2.93. The molecule has 0 N–H and O–H groups in total. The van der Waals surface area contributed by atoms with Crippen molar-refractivity contribution in [2.75, 3.05) is 0 Å². The van der Waals surface area contributed by atoms with Crippen molar-refractivity contribution in [2.45, 2.75) is 65.1 Å². The van der Waals surface area contributed by atoms with E-state index in [0.29, 0.717) is 0 Å². The summed E-state index contributed by atoms with van der Waals surface area (Å²) in [6, 6.07) is -0.195. The fourth-order valence-electron chi connectivity index (χ4n) is 1.73. The third-order valence-electron chi connectivity index (χ3n) is 2.69. The molecule has 0 spiro atoms. The Morgan fingerprint density at radius 1 is 1.35 bits per heavy atom. The van der Waals surface area contributed by atoms with Crippen molar-refractivity contribution < 1.29 is 14.3 Å². The minimum atomic E-state index is -0.519. The minimum absolute atomic E-state index is 0.112. The molecule has 0 bridgehead atoms. The lowest BCUT2D eigenvalue weighted by Gasteiger charge is -2.32. The zero-order valence-electron chi connectivity index (χ0n) is 11.4. The standard InChI is InChI=1S/C13H23NO3/c1-9(2)11(8-15)14(10-6-7-10)12(16)17-13(3,4)5/h8-11H,6-7H2,1-5H3. The molecule has 1 unspecified atom stereocenters. The third kappa shape index (κ3) is 4.02. The van der Waals surface area contributed by atoms with Crippen molar-refractivity contribution in [3.63, 3.8) is 0 Å². The minimum Gasteiger partial charge on any atom is -0.444 e. The van der Waals surface area contributed by atoms with Crippen LogP contribution in [0.3, 0.4) is 0 Å². The van der Waals surface area contributed by atoms with E-state index in [1.165, 1.54) is 0 Å². The second-order valence-corrected chi connectivity index (χ2v) is 5.99. The molecule has 98 valence electrons. The summed E-state index contributed by atoms with van der Waals surface area (Å²) >= 11 is 0. The van der Waals surface area contributed by atoms with E-state index in [0.717, 1.165) is 19.1 Å². The number of ether oxygens (including phenoxy) is 1. The van der Waals surface area contributed by atoms with Crippen LogP contribution in [0.15, 0.2) is 0 Å². The lowest BCUT2D eigenvalue weighted by molar-refractivity contribution is -0.114. The van der Waals surface area contributed by atoms with Crippen LogP contribution in [0.2, 0.25) is 0 Å². The quantitative estimate of drug-likeness (QED) is 0.711. The molecular weight excluding hydrogens is 218 g/mol. The molecule has 0 aromatic carbocycles. The first-order valence-corrected chi connectivity index (χ1v) is 6.23. The lowest BCUT2D eigenvalue weighted by atomic mass is 10.0. The van der Waals surface area contributed by atoms with Crippen molar-refractivity contribution in [3.8, 4) is 0 Å². The fourth-order valence-corrected chi connectivity index (χ4v) is 1.73. The molecule has 1 aliphatic rings. The molecule has 17 heavy (non-hydrogen) atoms. The zero-order valence-corrected chi connectivity index (χ0v) is 11.4. The first-order valence-electron chi connectivity index (χ1n) is 6.23. The summed E-state index contributed by atoms with van der Waals surface area (Å²) < 4.78 is 5.36. The average molecular weight is 241 g/mol. The molecule has 0 aromatic rings. The number of carbonyl (C=O) groups is 2. The highest BCUT2D eigenvalue weighted by atomic mass is 16.6. The number of hydrogen-bond donors (Lipinski definition) is 0. The summed E-state index contributed by atoms with van der Waals surface area (Å²) in [4.78, 5) is 24.8. The summed E-state index contributed by atoms with van der Waals surface area (Å²) in [5, 5.41) is 0. The highest BCUT2D eigenvalue weighted by Crippen LogP contribution is 2.31. The number of rotatable bonds is 4. The fraction of sp³-hybridized carbons (Fsp3) is 0.846. The van der Waals surface area contributed by atoms with Gasteiger partial charge in [0.2, 0.25) is 0 Å². The summed E-state index contributed by atoms with van der Waals surface area (Å²) in [6.07, 6.45) is 2.42. The molecule has 0 heterocycles. The van der Waals surface area contributed by atoms with Gasteiger partial charge >= 0.3 is 6.09 Å². The predicted molar refractivity (Wildman–Crippen MR) is 65.8 cm³/mol. The molecule has 4 nitrogen and oxygen atoms in total. The number of carbonyl (C=O) groups excluding carboxylic acids is 2. The Labute approximate surface area is 103 Å². The molecule has 1 aliphatic carbocycles. The first-order chi connectivity index (χ1) is 7.76. The summed E-state index contributed by atoms with van der Waals surface area (Å²) in [7, 11) is 0. The smallest absolute Gasteiger partial charge is 0.411 e. The van der Waals surface area contributed by atoms with E-state index >= 15 is 0 Å². The molecule has 0 aliphatic heterocycles. The van der Waals surface area contributed by atoms with Crippen molar-refractivity contribution in [1.29, 1.82) is 0 Å². The van der Waals surface area contributed by atoms with Crippen molar-refractivity contribution in [3.05, 3.63) is 0 Å². The van der Waals surface area contributed by atoms with E-state index in [2.05, 4.69) is 0 Å². The number of hydrogen-bond acceptors (Lipinski definition) is 3. The van der Waals surface area contributed by atoms with Crippen LogP contribution in [0.1, 0.15) is 47.5 Å². The Hall–Kier alpha value is -1.06. The SMILES string of the molecule is CC(C)C(C=O)N(C(=O)OC(C)(C)C)C1CC1. The summed E-state index contributed by atoms with van der Waals surface area (Å²) in [5.74, 6) is 0.112. The highest BCUT2D eigenvalue weighted by Gasteiger charge is 2.40. The van der Waals surface area contributed by atoms with Gasteiger partial charge in [-0.2, -0.15) is 0 Å². The molecule has 0 radical (unpaired) electrons. The molecular formula is C13H23NO3. The number of nitrogens with zero attached hydrogens (tertiary/aromatic N) is 1. The largest absolute Gasteiger partial charge is 0.444 e. The molecule has 1 amide bonds. The second kappa shape index (κ2) is 5.07. The van der Waals surface area contributed by atoms with E-state index in [1.54, 1.807) is 4.90 Å². The van der Waals surface area contributed by atoms with Gasteiger partial charge in [0.05, 0.1) is 6.04 Å². The molecule has 1 saturated carbocycles. The Kier molecular flexibility index (Phi) is 4.17. The van der Waals surface area contributed by atoms with Crippen molar-refractivity contribution >= 4 is 12.4 Å². The third-order valence-corrected chi connectivity index (χ3v) is 2.69. The van der Waals surface area contributed by atoms with Gasteiger partial charge in [0.25, 0.3) is 0 Å². The Morgan fingerprint density at radius 3 is 2.18 bits per heavy atom. The maximum atomic E-state index is 12.1. The van der Waals surface area contributed by atoms with Gasteiger partial charge in [0.15, 0.2) is 0 Å². The second-order valence-electron chi connectivity index (χ2n) is 5.99. The van der Waals surface area contributed by atoms with Gasteiger partial charge in [-0.15, -0.1) is 0 Å². The zero-order chi connectivity index (χ0) is 13.2. The monoisotopic (exact) mass is 241 g/mol. The van der Waals surface area contributed by atoms with E-state index in [9.17, 15) is 9.59 Å². The topological polar surface area (TPSA) is 46.6 Å². The van der Waals surface area contributed by atoms with Crippen LogP contribution in [-0.2, 0) is 9.53 Å². The number of amides is 1. The molecule has 4 heteroatoms. The Balaban J connectivity index is 2.78. The van der Waals surface area contributed by atoms with Crippen LogP contribution in [0.5, 0.6) is 0 Å². The lowest BCUT2D eigenvalue weighted by Crippen LogP contribution is -2.47. The first kappa shape index (κ1) is 14.0. The normalized spacial score (nSPS) is 17.8. The summed E-state index contributed by atoms with van der Waals surface area (Å²) in [6.45, 7) is 9.39. The summed E-state index contributed by atoms with van der Waals surface area (Å²) in [5.41, 5.74) is -0.519. The Bertz CT molecular complexity index is 290. The maximum absolute atomic E-state index is 12.1. The van der Waals surface area contributed by atoms with Gasteiger partial charge in [0.1, 0.15) is 11.9 Å². The Morgan fingerprint density at radius 2 is 1.88 bits per heavy atom. The van der Waals surface area contributed by atoms with Crippen LogP contribution < -0.4 is 0 Å². The van der Waals surface area contributed by atoms with Crippen LogP contribution >= 0.6 is 0 Å². The van der Waals surface area contributed by atoms with Crippen molar-refractivity contribution in [1.82, 2.24) is 4.90 Å². The van der Waals surface area contributed by atoms with Crippen LogP contribution in [0, 0.1) is 5.92 Å². The molecule has 1 rings (SSSR count). The highest BCUT2D eigenvalue weighted by molar-refractivity contribution is 5.74. The van der Waals surface area contributed by atoms with Crippen LogP contribution in [-0.4, -0.2) is 35.0 Å². The van der Waals surface area contributed by atoms with E-state index < -0.39 is 5.60 Å². The predicted octanol–water partition coefficient (Wildman–Crippen LogP) is 2.61. The van der Waals surface area contributed by atoms with Gasteiger partial charge in [-0.1, -0.05) is 13.8 Å². The van der Waals surface area contributed by atoms with E-state index in [1.807, 2.05) is 34.6 Å². The van der Waals surface area contributed by atoms with Gasteiger partial charge in [-0.25, -0.2) is 4.79 Å².